The van der Waals surface area contributed by atoms with Gasteiger partial charge in [0.15, 0.2) is 0 Å². The summed E-state index contributed by atoms with van der Waals surface area (Å²) < 4.78 is 13.1. The molecule has 88 valence electrons. The topological polar surface area (TPSA) is 15.3 Å². The molecular formula is C12H16ClFN2. The second-order valence-corrected chi connectivity index (χ2v) is 4.66. The van der Waals surface area contributed by atoms with Gasteiger partial charge in [-0.25, -0.2) is 4.39 Å². The largest absolute Gasteiger partial charge is 0.370 e. The zero-order chi connectivity index (χ0) is 11.5. The highest BCUT2D eigenvalue weighted by Crippen LogP contribution is 2.23. The molecule has 1 fully saturated rings. The van der Waals surface area contributed by atoms with E-state index in [0.717, 1.165) is 31.7 Å². The summed E-state index contributed by atoms with van der Waals surface area (Å²) in [5.41, 5.74) is 1.00. The Hall–Kier alpha value is -0.800. The average molecular weight is 243 g/mol. The van der Waals surface area contributed by atoms with Gasteiger partial charge in [0.25, 0.3) is 0 Å². The lowest BCUT2D eigenvalue weighted by Gasteiger charge is -2.25. The van der Waals surface area contributed by atoms with E-state index in [-0.39, 0.29) is 10.8 Å². The van der Waals surface area contributed by atoms with Crippen molar-refractivity contribution in [2.75, 3.05) is 24.5 Å². The van der Waals surface area contributed by atoms with Gasteiger partial charge in [0, 0.05) is 24.8 Å². The molecule has 1 N–H and O–H groups in total. The van der Waals surface area contributed by atoms with Crippen LogP contribution in [-0.2, 0) is 0 Å². The Kier molecular flexibility index (Phi) is 3.66. The molecule has 1 atom stereocenters. The van der Waals surface area contributed by atoms with Gasteiger partial charge in [0.2, 0.25) is 0 Å². The van der Waals surface area contributed by atoms with Crippen molar-refractivity contribution in [3.8, 4) is 0 Å². The van der Waals surface area contributed by atoms with Crippen LogP contribution >= 0.6 is 11.6 Å². The maximum absolute atomic E-state index is 13.1. The summed E-state index contributed by atoms with van der Waals surface area (Å²) in [5.74, 6) is -0.355. The molecule has 0 radical (unpaired) electrons. The summed E-state index contributed by atoms with van der Waals surface area (Å²) >= 11 is 5.79. The zero-order valence-electron chi connectivity index (χ0n) is 9.34. The first kappa shape index (κ1) is 11.7. The van der Waals surface area contributed by atoms with E-state index in [1.807, 2.05) is 0 Å². The summed E-state index contributed by atoms with van der Waals surface area (Å²) in [6, 6.07) is 5.38. The van der Waals surface area contributed by atoms with E-state index in [0.29, 0.717) is 6.04 Å². The molecule has 1 unspecified atom stereocenters. The first-order valence-electron chi connectivity index (χ1n) is 5.60. The van der Waals surface area contributed by atoms with Crippen LogP contribution in [0.15, 0.2) is 18.2 Å². The predicted molar refractivity (Wildman–Crippen MR) is 65.7 cm³/mol. The van der Waals surface area contributed by atoms with Crippen LogP contribution in [-0.4, -0.2) is 25.7 Å². The Morgan fingerprint density at radius 3 is 3.06 bits per heavy atom. The van der Waals surface area contributed by atoms with Crippen LogP contribution in [0.4, 0.5) is 10.1 Å². The van der Waals surface area contributed by atoms with Gasteiger partial charge in [-0.2, -0.15) is 0 Å². The van der Waals surface area contributed by atoms with Crippen LogP contribution in [0, 0.1) is 5.82 Å². The van der Waals surface area contributed by atoms with Gasteiger partial charge in [0.05, 0.1) is 5.02 Å². The van der Waals surface area contributed by atoms with E-state index < -0.39 is 0 Å². The number of hydrogen-bond donors (Lipinski definition) is 1. The fourth-order valence-electron chi connectivity index (χ4n) is 2.02. The SMILES string of the molecule is CC1CN(c2ccc(F)c(Cl)c2)CCCN1. The Morgan fingerprint density at radius 2 is 2.31 bits per heavy atom. The lowest BCUT2D eigenvalue weighted by molar-refractivity contribution is 0.584. The maximum Gasteiger partial charge on any atom is 0.141 e. The number of hydrogen-bond acceptors (Lipinski definition) is 2. The molecule has 4 heteroatoms. The van der Waals surface area contributed by atoms with Crippen LogP contribution < -0.4 is 10.2 Å². The third-order valence-electron chi connectivity index (χ3n) is 2.86. The monoisotopic (exact) mass is 242 g/mol. The molecule has 1 heterocycles. The highest BCUT2D eigenvalue weighted by molar-refractivity contribution is 6.31. The molecule has 16 heavy (non-hydrogen) atoms. The summed E-state index contributed by atoms with van der Waals surface area (Å²) in [6.07, 6.45) is 1.10. The van der Waals surface area contributed by atoms with Crippen LogP contribution in [0.25, 0.3) is 0 Å². The number of benzene rings is 1. The first-order valence-corrected chi connectivity index (χ1v) is 5.98. The highest BCUT2D eigenvalue weighted by atomic mass is 35.5. The van der Waals surface area contributed by atoms with Gasteiger partial charge in [-0.05, 0) is 38.1 Å². The first-order chi connectivity index (χ1) is 7.66. The molecule has 1 aromatic rings. The third-order valence-corrected chi connectivity index (χ3v) is 3.15. The normalized spacial score (nSPS) is 21.9. The van der Waals surface area contributed by atoms with E-state index >= 15 is 0 Å². The Balaban J connectivity index is 2.18. The van der Waals surface area contributed by atoms with Gasteiger partial charge in [0.1, 0.15) is 5.82 Å². The van der Waals surface area contributed by atoms with Crippen molar-refractivity contribution in [1.29, 1.82) is 0 Å². The smallest absolute Gasteiger partial charge is 0.141 e. The van der Waals surface area contributed by atoms with E-state index in [1.54, 1.807) is 12.1 Å². The van der Waals surface area contributed by atoms with Crippen molar-refractivity contribution >= 4 is 17.3 Å². The van der Waals surface area contributed by atoms with Crippen molar-refractivity contribution in [3.63, 3.8) is 0 Å². The second-order valence-electron chi connectivity index (χ2n) is 4.25. The van der Waals surface area contributed by atoms with Crippen molar-refractivity contribution in [2.24, 2.45) is 0 Å². The molecule has 2 rings (SSSR count). The zero-order valence-corrected chi connectivity index (χ0v) is 10.1. The van der Waals surface area contributed by atoms with Gasteiger partial charge in [-0.1, -0.05) is 11.6 Å². The van der Waals surface area contributed by atoms with Crippen molar-refractivity contribution in [1.82, 2.24) is 5.32 Å². The predicted octanol–water partition coefficient (Wildman–Crippen LogP) is 2.67. The molecular weight excluding hydrogens is 227 g/mol. The maximum atomic E-state index is 13.1. The molecule has 1 aliphatic rings. The van der Waals surface area contributed by atoms with Gasteiger partial charge in [-0.15, -0.1) is 0 Å². The number of halogens is 2. The molecule has 2 nitrogen and oxygen atoms in total. The number of anilines is 1. The lowest BCUT2D eigenvalue weighted by Crippen LogP contribution is -2.35. The highest BCUT2D eigenvalue weighted by Gasteiger charge is 2.15. The number of nitrogens with zero attached hydrogens (tertiary/aromatic N) is 1. The van der Waals surface area contributed by atoms with E-state index in [2.05, 4.69) is 17.1 Å². The molecule has 0 amide bonds. The minimum Gasteiger partial charge on any atom is -0.370 e. The van der Waals surface area contributed by atoms with Gasteiger partial charge < -0.3 is 10.2 Å². The van der Waals surface area contributed by atoms with Crippen molar-refractivity contribution in [2.45, 2.75) is 19.4 Å². The van der Waals surface area contributed by atoms with E-state index in [1.165, 1.54) is 6.07 Å². The van der Waals surface area contributed by atoms with Crippen molar-refractivity contribution < 1.29 is 4.39 Å². The molecule has 1 saturated heterocycles. The molecule has 1 aliphatic heterocycles. The molecule has 0 saturated carbocycles. The van der Waals surface area contributed by atoms with Crippen LogP contribution in [0.2, 0.25) is 5.02 Å². The Bertz CT molecular complexity index is 370. The minimum atomic E-state index is -0.355. The molecule has 0 aliphatic carbocycles. The van der Waals surface area contributed by atoms with Crippen LogP contribution in [0.5, 0.6) is 0 Å². The Morgan fingerprint density at radius 1 is 1.50 bits per heavy atom. The minimum absolute atomic E-state index is 0.197. The third kappa shape index (κ3) is 2.66. The summed E-state index contributed by atoms with van der Waals surface area (Å²) in [7, 11) is 0. The van der Waals surface area contributed by atoms with Crippen LogP contribution in [0.3, 0.4) is 0 Å². The molecule has 0 spiro atoms. The van der Waals surface area contributed by atoms with E-state index in [4.69, 9.17) is 11.6 Å². The molecule has 0 aromatic heterocycles. The summed E-state index contributed by atoms with van der Waals surface area (Å²) in [5, 5.41) is 3.62. The summed E-state index contributed by atoms with van der Waals surface area (Å²) in [4.78, 5) is 2.25. The average Bonchev–Trinajstić information content (AvgIpc) is 2.47. The molecule has 1 aromatic carbocycles. The second kappa shape index (κ2) is 5.02. The standard InChI is InChI=1S/C12H16ClFN2/c1-9-8-16(6-2-5-15-9)10-3-4-12(14)11(13)7-10/h3-4,7,9,15H,2,5-6,8H2,1H3. The van der Waals surface area contributed by atoms with E-state index in [9.17, 15) is 4.39 Å². The number of rotatable bonds is 1. The number of nitrogens with one attached hydrogen (secondary N) is 1. The van der Waals surface area contributed by atoms with Crippen molar-refractivity contribution in [3.05, 3.63) is 29.0 Å². The van der Waals surface area contributed by atoms with Gasteiger partial charge in [-0.3, -0.25) is 0 Å². The molecule has 0 bridgehead atoms. The fraction of sp³-hybridized carbons (Fsp3) is 0.500. The van der Waals surface area contributed by atoms with Crippen LogP contribution in [0.1, 0.15) is 13.3 Å². The fourth-order valence-corrected chi connectivity index (χ4v) is 2.20. The summed E-state index contributed by atoms with van der Waals surface area (Å²) in [6.45, 7) is 5.11. The van der Waals surface area contributed by atoms with Gasteiger partial charge >= 0.3 is 0 Å². The quantitative estimate of drug-likeness (QED) is 0.815. The lowest BCUT2D eigenvalue weighted by atomic mass is 10.2. The Labute approximate surface area is 100 Å².